The van der Waals surface area contributed by atoms with Crippen LogP contribution in [-0.2, 0) is 9.59 Å². The van der Waals surface area contributed by atoms with Gasteiger partial charge in [-0.15, -0.1) is 0 Å². The van der Waals surface area contributed by atoms with Gasteiger partial charge in [-0.3, -0.25) is 24.3 Å². The van der Waals surface area contributed by atoms with Crippen molar-refractivity contribution in [3.05, 3.63) is 38.9 Å². The smallest absolute Gasteiger partial charge is 0.262 e. The fraction of sp³-hybridized carbons (Fsp3) is 0.286. The SMILES string of the molecule is Cc1nc2c(Br)cccc2c(=O)n1[C@H]1CCC(=O)NC1=O. The number of nitrogens with one attached hydrogen (secondary N) is 1. The molecular weight excluding hydrogens is 338 g/mol. The molecule has 0 bridgehead atoms. The van der Waals surface area contributed by atoms with Gasteiger partial charge in [0.25, 0.3) is 5.56 Å². The van der Waals surface area contributed by atoms with Crippen LogP contribution in [0.4, 0.5) is 0 Å². The van der Waals surface area contributed by atoms with Crippen LogP contribution in [0.1, 0.15) is 24.7 Å². The molecule has 108 valence electrons. The molecule has 1 fully saturated rings. The minimum atomic E-state index is -0.689. The Labute approximate surface area is 128 Å². The number of aromatic nitrogens is 2. The highest BCUT2D eigenvalue weighted by Gasteiger charge is 2.30. The number of piperidine rings is 1. The van der Waals surface area contributed by atoms with Crippen molar-refractivity contribution in [3.63, 3.8) is 0 Å². The molecule has 0 unspecified atom stereocenters. The normalized spacial score (nSPS) is 18.9. The summed E-state index contributed by atoms with van der Waals surface area (Å²) in [5, 5.41) is 2.71. The van der Waals surface area contributed by atoms with E-state index in [0.29, 0.717) is 23.1 Å². The van der Waals surface area contributed by atoms with Gasteiger partial charge in [0.15, 0.2) is 0 Å². The van der Waals surface area contributed by atoms with E-state index in [1.54, 1.807) is 19.1 Å². The van der Waals surface area contributed by atoms with Crippen LogP contribution in [0, 0.1) is 6.92 Å². The Morgan fingerprint density at radius 2 is 2.10 bits per heavy atom. The van der Waals surface area contributed by atoms with Crippen molar-refractivity contribution in [2.24, 2.45) is 0 Å². The molecule has 2 aromatic rings. The lowest BCUT2D eigenvalue weighted by Gasteiger charge is -2.24. The molecule has 1 atom stereocenters. The quantitative estimate of drug-likeness (QED) is 0.790. The average Bonchev–Trinajstić information content (AvgIpc) is 2.42. The number of aryl methyl sites for hydroxylation is 1. The lowest BCUT2D eigenvalue weighted by atomic mass is 10.1. The maximum absolute atomic E-state index is 12.7. The molecule has 7 heteroatoms. The Morgan fingerprint density at radius 3 is 2.81 bits per heavy atom. The van der Waals surface area contributed by atoms with Crippen molar-refractivity contribution in [1.29, 1.82) is 0 Å². The monoisotopic (exact) mass is 349 g/mol. The number of hydrogen-bond acceptors (Lipinski definition) is 4. The Hall–Kier alpha value is -2.02. The largest absolute Gasteiger partial charge is 0.295 e. The van der Waals surface area contributed by atoms with Crippen molar-refractivity contribution >= 4 is 38.6 Å². The first-order valence-corrected chi connectivity index (χ1v) is 7.29. The van der Waals surface area contributed by atoms with Crippen LogP contribution in [0.3, 0.4) is 0 Å². The van der Waals surface area contributed by atoms with Gasteiger partial charge in [-0.05, 0) is 41.4 Å². The van der Waals surface area contributed by atoms with Crippen LogP contribution < -0.4 is 10.9 Å². The van der Waals surface area contributed by atoms with Crippen molar-refractivity contribution < 1.29 is 9.59 Å². The Bertz CT molecular complexity index is 828. The minimum Gasteiger partial charge on any atom is -0.295 e. The van der Waals surface area contributed by atoms with Crippen LogP contribution in [0.5, 0.6) is 0 Å². The highest BCUT2D eigenvalue weighted by atomic mass is 79.9. The maximum atomic E-state index is 12.7. The third-order valence-electron chi connectivity index (χ3n) is 3.58. The van der Waals surface area contributed by atoms with E-state index < -0.39 is 11.9 Å². The number of fused-ring (bicyclic) bond motifs is 1. The summed E-state index contributed by atoms with van der Waals surface area (Å²) in [5.74, 6) is -0.306. The molecule has 1 aromatic carbocycles. The minimum absolute atomic E-state index is 0.221. The van der Waals surface area contributed by atoms with Crippen molar-refractivity contribution in [1.82, 2.24) is 14.9 Å². The average molecular weight is 350 g/mol. The number of para-hydroxylation sites is 1. The van der Waals surface area contributed by atoms with Crippen LogP contribution in [0.2, 0.25) is 0 Å². The summed E-state index contributed by atoms with van der Waals surface area (Å²) in [6.45, 7) is 1.68. The van der Waals surface area contributed by atoms with Gasteiger partial charge in [-0.25, -0.2) is 4.98 Å². The van der Waals surface area contributed by atoms with E-state index in [4.69, 9.17) is 0 Å². The first-order chi connectivity index (χ1) is 9.99. The Kier molecular flexibility index (Phi) is 3.36. The summed E-state index contributed by atoms with van der Waals surface area (Å²) in [4.78, 5) is 40.3. The van der Waals surface area contributed by atoms with E-state index in [1.807, 2.05) is 6.07 Å². The van der Waals surface area contributed by atoms with Gasteiger partial charge in [-0.2, -0.15) is 0 Å². The number of halogens is 1. The molecule has 0 radical (unpaired) electrons. The van der Waals surface area contributed by atoms with Crippen molar-refractivity contribution in [3.8, 4) is 0 Å². The Morgan fingerprint density at radius 1 is 1.33 bits per heavy atom. The van der Waals surface area contributed by atoms with E-state index in [0.717, 1.165) is 4.47 Å². The number of nitrogens with zero attached hydrogens (tertiary/aromatic N) is 2. The predicted molar refractivity (Wildman–Crippen MR) is 79.9 cm³/mol. The second kappa shape index (κ2) is 5.07. The molecule has 0 saturated carbocycles. The zero-order valence-corrected chi connectivity index (χ0v) is 12.8. The second-order valence-corrected chi connectivity index (χ2v) is 5.79. The highest BCUT2D eigenvalue weighted by Crippen LogP contribution is 2.23. The molecule has 6 nitrogen and oxygen atoms in total. The molecule has 2 amide bonds. The van der Waals surface area contributed by atoms with Crippen LogP contribution in [0.25, 0.3) is 10.9 Å². The summed E-state index contributed by atoms with van der Waals surface area (Å²) in [7, 11) is 0. The first-order valence-electron chi connectivity index (χ1n) is 6.50. The van der Waals surface area contributed by atoms with E-state index in [2.05, 4.69) is 26.2 Å². The van der Waals surface area contributed by atoms with E-state index in [1.165, 1.54) is 4.57 Å². The third kappa shape index (κ3) is 2.27. The molecule has 1 aliphatic rings. The van der Waals surface area contributed by atoms with E-state index in [-0.39, 0.29) is 17.9 Å². The number of rotatable bonds is 1. The fourth-order valence-electron chi connectivity index (χ4n) is 2.59. The van der Waals surface area contributed by atoms with Crippen LogP contribution in [-0.4, -0.2) is 21.4 Å². The molecule has 1 N–H and O–H groups in total. The lowest BCUT2D eigenvalue weighted by Crippen LogP contribution is -2.45. The molecule has 2 heterocycles. The van der Waals surface area contributed by atoms with Crippen molar-refractivity contribution in [2.45, 2.75) is 25.8 Å². The van der Waals surface area contributed by atoms with Crippen molar-refractivity contribution in [2.75, 3.05) is 0 Å². The summed E-state index contributed by atoms with van der Waals surface area (Å²) >= 11 is 3.37. The maximum Gasteiger partial charge on any atom is 0.262 e. The first kappa shape index (κ1) is 13.9. The molecule has 21 heavy (non-hydrogen) atoms. The summed E-state index contributed by atoms with van der Waals surface area (Å²) in [5.41, 5.74) is 0.303. The molecule has 1 aromatic heterocycles. The number of benzene rings is 1. The fourth-order valence-corrected chi connectivity index (χ4v) is 3.04. The molecule has 0 spiro atoms. The van der Waals surface area contributed by atoms with Gasteiger partial charge >= 0.3 is 0 Å². The predicted octanol–water partition coefficient (Wildman–Crippen LogP) is 1.45. The number of hydrogen-bond donors (Lipinski definition) is 1. The van der Waals surface area contributed by atoms with Gasteiger partial charge in [-0.1, -0.05) is 6.07 Å². The second-order valence-electron chi connectivity index (χ2n) is 4.94. The molecule has 3 rings (SSSR count). The molecule has 1 aliphatic heterocycles. The lowest BCUT2D eigenvalue weighted by molar-refractivity contribution is -0.135. The third-order valence-corrected chi connectivity index (χ3v) is 4.22. The van der Waals surface area contributed by atoms with Gasteiger partial charge in [0, 0.05) is 10.9 Å². The zero-order chi connectivity index (χ0) is 15.1. The molecule has 0 aliphatic carbocycles. The molecular formula is C14H12BrN3O3. The van der Waals surface area contributed by atoms with Gasteiger partial charge in [0.1, 0.15) is 11.9 Å². The zero-order valence-electron chi connectivity index (χ0n) is 11.2. The summed E-state index contributed by atoms with van der Waals surface area (Å²) < 4.78 is 2.10. The van der Waals surface area contributed by atoms with Gasteiger partial charge < -0.3 is 0 Å². The van der Waals surface area contributed by atoms with Crippen LogP contribution in [0.15, 0.2) is 27.5 Å². The number of amides is 2. The standard InChI is InChI=1S/C14H12BrN3O3/c1-7-16-12-8(3-2-4-9(12)15)14(21)18(7)10-5-6-11(19)17-13(10)20/h2-4,10H,5-6H2,1H3,(H,17,19,20)/t10-/m0/s1. The van der Waals surface area contributed by atoms with E-state index >= 15 is 0 Å². The van der Waals surface area contributed by atoms with Gasteiger partial charge in [0.2, 0.25) is 11.8 Å². The Balaban J connectivity index is 2.22. The number of carbonyl (C=O) groups is 2. The van der Waals surface area contributed by atoms with Crippen LogP contribution >= 0.6 is 15.9 Å². The topological polar surface area (TPSA) is 81.1 Å². The van der Waals surface area contributed by atoms with Gasteiger partial charge in [0.05, 0.1) is 10.9 Å². The summed E-state index contributed by atoms with van der Waals surface area (Å²) in [6, 6.07) is 4.55. The van der Waals surface area contributed by atoms with E-state index in [9.17, 15) is 14.4 Å². The number of carbonyl (C=O) groups excluding carboxylic acids is 2. The highest BCUT2D eigenvalue weighted by molar-refractivity contribution is 9.10. The molecule has 1 saturated heterocycles. The number of imide groups is 1. The summed E-state index contributed by atoms with van der Waals surface area (Å²) in [6.07, 6.45) is 0.533.